The van der Waals surface area contributed by atoms with Gasteiger partial charge in [0.1, 0.15) is 30.3 Å². The molecule has 3 aromatic rings. The third kappa shape index (κ3) is 8.26. The highest BCUT2D eigenvalue weighted by molar-refractivity contribution is 5.91. The summed E-state index contributed by atoms with van der Waals surface area (Å²) in [6, 6.07) is 20.6. The van der Waals surface area contributed by atoms with Crippen molar-refractivity contribution in [1.82, 2.24) is 10.6 Å². The minimum absolute atomic E-state index is 0.125. The number of benzene rings is 3. The van der Waals surface area contributed by atoms with Gasteiger partial charge >= 0.3 is 0 Å². The van der Waals surface area contributed by atoms with Gasteiger partial charge in [-0.05, 0) is 41.0 Å². The van der Waals surface area contributed by atoms with Crippen molar-refractivity contribution in [2.75, 3.05) is 0 Å². The highest BCUT2D eigenvalue weighted by atomic mass is 19.1. The predicted octanol–water partition coefficient (Wildman–Crippen LogP) is 2.66. The highest BCUT2D eigenvalue weighted by Gasteiger charge is 2.25. The first-order valence-electron chi connectivity index (χ1n) is 11.2. The smallest absolute Gasteiger partial charge is 0.243 e. The number of hydrogen-bond acceptors (Lipinski definition) is 4. The molecule has 0 aromatic heterocycles. The Kier molecular flexibility index (Phi) is 8.95. The van der Waals surface area contributed by atoms with Crippen molar-refractivity contribution < 1.29 is 23.5 Å². The minimum Gasteiger partial charge on any atom is -0.489 e. The van der Waals surface area contributed by atoms with Gasteiger partial charge in [-0.1, -0.05) is 54.6 Å². The largest absolute Gasteiger partial charge is 0.489 e. The average Bonchev–Trinajstić information content (AvgIpc) is 2.84. The van der Waals surface area contributed by atoms with Crippen molar-refractivity contribution in [3.8, 4) is 5.75 Å². The summed E-state index contributed by atoms with van der Waals surface area (Å²) < 4.78 is 19.0. The summed E-state index contributed by atoms with van der Waals surface area (Å²) >= 11 is 0. The lowest BCUT2D eigenvalue weighted by atomic mass is 10.0. The molecule has 7 nitrogen and oxygen atoms in total. The van der Waals surface area contributed by atoms with Crippen molar-refractivity contribution in [2.24, 2.45) is 5.73 Å². The Hall–Kier alpha value is -4.20. The molecule has 0 saturated heterocycles. The molecule has 182 valence electrons. The van der Waals surface area contributed by atoms with Gasteiger partial charge in [-0.25, -0.2) is 4.39 Å². The lowest BCUT2D eigenvalue weighted by Crippen LogP contribution is -2.54. The van der Waals surface area contributed by atoms with Crippen molar-refractivity contribution in [3.05, 3.63) is 101 Å². The Bertz CT molecular complexity index is 1150. The van der Waals surface area contributed by atoms with Crippen molar-refractivity contribution in [3.63, 3.8) is 0 Å². The summed E-state index contributed by atoms with van der Waals surface area (Å²) in [6.45, 7) is 1.68. The Morgan fingerprint density at radius 3 is 2.14 bits per heavy atom. The van der Waals surface area contributed by atoms with Crippen LogP contribution in [-0.4, -0.2) is 29.8 Å². The molecule has 0 saturated carbocycles. The van der Waals surface area contributed by atoms with E-state index in [2.05, 4.69) is 10.6 Å². The fourth-order valence-electron chi connectivity index (χ4n) is 3.54. The van der Waals surface area contributed by atoms with Gasteiger partial charge < -0.3 is 21.1 Å². The number of hydrogen-bond donors (Lipinski definition) is 3. The van der Waals surface area contributed by atoms with E-state index in [1.807, 2.05) is 30.3 Å². The van der Waals surface area contributed by atoms with Gasteiger partial charge in [-0.2, -0.15) is 0 Å². The zero-order chi connectivity index (χ0) is 25.2. The van der Waals surface area contributed by atoms with E-state index < -0.39 is 35.6 Å². The topological polar surface area (TPSA) is 111 Å². The molecule has 0 radical (unpaired) electrons. The predicted molar refractivity (Wildman–Crippen MR) is 130 cm³/mol. The number of nitrogens with two attached hydrogens (primary N) is 1. The molecule has 0 bridgehead atoms. The summed E-state index contributed by atoms with van der Waals surface area (Å²) in [5.74, 6) is -1.47. The summed E-state index contributed by atoms with van der Waals surface area (Å²) in [7, 11) is 0. The van der Waals surface area contributed by atoms with E-state index in [1.54, 1.807) is 24.3 Å². The van der Waals surface area contributed by atoms with E-state index in [9.17, 15) is 18.8 Å². The first-order chi connectivity index (χ1) is 16.8. The average molecular weight is 478 g/mol. The molecule has 3 rings (SSSR count). The number of primary amides is 1. The van der Waals surface area contributed by atoms with Crippen LogP contribution in [0.4, 0.5) is 4.39 Å². The Morgan fingerprint density at radius 1 is 0.829 bits per heavy atom. The van der Waals surface area contributed by atoms with Gasteiger partial charge in [0.2, 0.25) is 17.7 Å². The molecular formula is C27H28FN3O4. The third-order valence-electron chi connectivity index (χ3n) is 5.29. The number of carbonyl (C=O) groups excluding carboxylic acids is 3. The van der Waals surface area contributed by atoms with Crippen molar-refractivity contribution >= 4 is 17.7 Å². The molecule has 3 aromatic carbocycles. The number of ether oxygens (including phenoxy) is 1. The zero-order valence-corrected chi connectivity index (χ0v) is 19.4. The van der Waals surface area contributed by atoms with Crippen LogP contribution in [0, 0.1) is 5.82 Å². The van der Waals surface area contributed by atoms with Crippen LogP contribution in [0.5, 0.6) is 5.75 Å². The van der Waals surface area contributed by atoms with E-state index >= 15 is 0 Å². The lowest BCUT2D eigenvalue weighted by Gasteiger charge is -2.22. The molecule has 0 aliphatic heterocycles. The minimum atomic E-state index is -1.00. The monoisotopic (exact) mass is 477 g/mol. The third-order valence-corrected chi connectivity index (χ3v) is 5.29. The molecule has 0 aliphatic carbocycles. The number of rotatable bonds is 11. The standard InChI is InChI=1S/C27H28FN3O4/c1-18(32)30-25(15-19-10-12-22(28)13-11-19)27(34)31-24(26(29)33)16-21-8-5-9-23(14-21)35-17-20-6-3-2-4-7-20/h2-14,24-25H,15-17H2,1H3,(H2,29,33)(H,30,32)(H,31,34)/t24-,25-/m1/s1. The van der Waals surface area contributed by atoms with Crippen LogP contribution in [0.3, 0.4) is 0 Å². The van der Waals surface area contributed by atoms with E-state index in [-0.39, 0.29) is 12.8 Å². The van der Waals surface area contributed by atoms with Gasteiger partial charge in [0, 0.05) is 19.8 Å². The quantitative estimate of drug-likeness (QED) is 0.394. The summed E-state index contributed by atoms with van der Waals surface area (Å²) in [5, 5.41) is 5.21. The Morgan fingerprint density at radius 2 is 1.49 bits per heavy atom. The van der Waals surface area contributed by atoms with Gasteiger partial charge in [-0.15, -0.1) is 0 Å². The zero-order valence-electron chi connectivity index (χ0n) is 19.4. The molecule has 0 spiro atoms. The highest BCUT2D eigenvalue weighted by Crippen LogP contribution is 2.17. The second-order valence-corrected chi connectivity index (χ2v) is 8.17. The van der Waals surface area contributed by atoms with Crippen molar-refractivity contribution in [1.29, 1.82) is 0 Å². The number of carbonyl (C=O) groups is 3. The van der Waals surface area contributed by atoms with Gasteiger partial charge in [-0.3, -0.25) is 14.4 Å². The second-order valence-electron chi connectivity index (χ2n) is 8.17. The molecule has 2 atom stereocenters. The molecule has 0 fully saturated rings. The van der Waals surface area contributed by atoms with Crippen molar-refractivity contribution in [2.45, 2.75) is 38.5 Å². The van der Waals surface area contributed by atoms with Crippen LogP contribution in [0.15, 0.2) is 78.9 Å². The maximum absolute atomic E-state index is 13.2. The normalized spacial score (nSPS) is 12.3. The lowest BCUT2D eigenvalue weighted by molar-refractivity contribution is -0.130. The SMILES string of the molecule is CC(=O)N[C@H](Cc1ccc(F)cc1)C(=O)N[C@H](Cc1cccc(OCc2ccccc2)c1)C(N)=O. The molecular weight excluding hydrogens is 449 g/mol. The fourth-order valence-corrected chi connectivity index (χ4v) is 3.54. The molecule has 0 unspecified atom stereocenters. The summed E-state index contributed by atoms with van der Waals surface area (Å²) in [4.78, 5) is 36.7. The summed E-state index contributed by atoms with van der Waals surface area (Å²) in [5.41, 5.74) is 7.98. The summed E-state index contributed by atoms with van der Waals surface area (Å²) in [6.07, 6.45) is 0.271. The maximum atomic E-state index is 13.2. The van der Waals surface area contributed by atoms with Crippen LogP contribution in [0.2, 0.25) is 0 Å². The Balaban J connectivity index is 1.66. The van der Waals surface area contributed by atoms with Crippen LogP contribution in [0.1, 0.15) is 23.6 Å². The van der Waals surface area contributed by atoms with Gasteiger partial charge in [0.15, 0.2) is 0 Å². The molecule has 3 amide bonds. The van der Waals surface area contributed by atoms with Crippen LogP contribution < -0.4 is 21.1 Å². The van der Waals surface area contributed by atoms with Crippen LogP contribution in [-0.2, 0) is 33.8 Å². The molecule has 0 heterocycles. The first-order valence-corrected chi connectivity index (χ1v) is 11.2. The van der Waals surface area contributed by atoms with Crippen LogP contribution >= 0.6 is 0 Å². The number of halogens is 1. The van der Waals surface area contributed by atoms with Crippen LogP contribution in [0.25, 0.3) is 0 Å². The molecule has 4 N–H and O–H groups in total. The molecule has 35 heavy (non-hydrogen) atoms. The van der Waals surface area contributed by atoms with Gasteiger partial charge in [0.25, 0.3) is 0 Å². The number of nitrogens with one attached hydrogen (secondary N) is 2. The van der Waals surface area contributed by atoms with E-state index in [1.165, 1.54) is 31.2 Å². The second kappa shape index (κ2) is 12.3. The molecule has 0 aliphatic rings. The van der Waals surface area contributed by atoms with E-state index in [4.69, 9.17) is 10.5 Å². The fraction of sp³-hybridized carbons (Fsp3) is 0.222. The van der Waals surface area contributed by atoms with E-state index in [0.717, 1.165) is 11.1 Å². The molecule has 8 heteroatoms. The van der Waals surface area contributed by atoms with E-state index in [0.29, 0.717) is 17.9 Å². The van der Waals surface area contributed by atoms with Gasteiger partial charge in [0.05, 0.1) is 0 Å². The number of amides is 3. The Labute approximate surface area is 203 Å². The first kappa shape index (κ1) is 25.4. The maximum Gasteiger partial charge on any atom is 0.243 e.